The SMILES string of the molecule is NC(=O)c1cccc(CONC(=O)[C@@H]2c3ccccc3C(=O)N([C@H]3CCCC[C@@H]3O)[C@H]2c2ccc(Cl)cc2)c1. The van der Waals surface area contributed by atoms with Gasteiger partial charge in [0.25, 0.3) is 11.8 Å². The molecule has 5 rings (SSSR count). The number of primary amides is 1. The van der Waals surface area contributed by atoms with Crippen molar-refractivity contribution in [1.82, 2.24) is 10.4 Å². The van der Waals surface area contributed by atoms with Crippen LogP contribution in [0.1, 0.15) is 75.0 Å². The second-order valence-corrected chi connectivity index (χ2v) is 10.4. The summed E-state index contributed by atoms with van der Waals surface area (Å²) < 4.78 is 0. The topological polar surface area (TPSA) is 122 Å². The molecule has 1 aliphatic heterocycles. The van der Waals surface area contributed by atoms with Crippen molar-refractivity contribution < 1.29 is 24.3 Å². The Labute approximate surface area is 231 Å². The number of carbonyl (C=O) groups is 3. The predicted molar refractivity (Wildman–Crippen MR) is 146 cm³/mol. The van der Waals surface area contributed by atoms with Gasteiger partial charge in [0.2, 0.25) is 5.91 Å². The molecule has 39 heavy (non-hydrogen) atoms. The van der Waals surface area contributed by atoms with Crippen LogP contribution >= 0.6 is 11.6 Å². The van der Waals surface area contributed by atoms with Crippen LogP contribution in [0.4, 0.5) is 0 Å². The normalized spacial score (nSPS) is 22.7. The van der Waals surface area contributed by atoms with Crippen LogP contribution in [0, 0.1) is 0 Å². The molecular formula is C30H30ClN3O5. The van der Waals surface area contributed by atoms with Crippen LogP contribution < -0.4 is 11.2 Å². The molecule has 9 heteroatoms. The second-order valence-electron chi connectivity index (χ2n) is 10.0. The molecule has 3 amide bonds. The number of nitrogens with zero attached hydrogens (tertiary/aromatic N) is 1. The number of hydrogen-bond acceptors (Lipinski definition) is 5. The van der Waals surface area contributed by atoms with E-state index in [1.54, 1.807) is 65.6 Å². The van der Waals surface area contributed by atoms with Gasteiger partial charge in [0.15, 0.2) is 0 Å². The first-order chi connectivity index (χ1) is 18.8. The summed E-state index contributed by atoms with van der Waals surface area (Å²) in [5.74, 6) is -2.02. The van der Waals surface area contributed by atoms with Crippen molar-refractivity contribution in [3.05, 3.63) is 106 Å². The highest BCUT2D eigenvalue weighted by atomic mass is 35.5. The molecule has 0 spiro atoms. The van der Waals surface area contributed by atoms with Crippen LogP contribution in [0.2, 0.25) is 5.02 Å². The number of hydrogen-bond donors (Lipinski definition) is 3. The van der Waals surface area contributed by atoms with Gasteiger partial charge in [0.05, 0.1) is 30.7 Å². The lowest BCUT2D eigenvalue weighted by molar-refractivity contribution is -0.138. The van der Waals surface area contributed by atoms with E-state index in [1.165, 1.54) is 0 Å². The maximum Gasteiger partial charge on any atom is 0.255 e. The van der Waals surface area contributed by atoms with E-state index in [4.69, 9.17) is 22.2 Å². The van der Waals surface area contributed by atoms with Gasteiger partial charge in [0, 0.05) is 16.1 Å². The van der Waals surface area contributed by atoms with E-state index in [9.17, 15) is 19.5 Å². The van der Waals surface area contributed by atoms with E-state index in [-0.39, 0.29) is 12.5 Å². The first kappa shape index (κ1) is 26.9. The number of aliphatic hydroxyl groups is 1. The summed E-state index contributed by atoms with van der Waals surface area (Å²) in [6.45, 7) is 0.0107. The maximum atomic E-state index is 14.0. The van der Waals surface area contributed by atoms with Crippen molar-refractivity contribution in [2.75, 3.05) is 0 Å². The molecule has 0 aromatic heterocycles. The van der Waals surface area contributed by atoms with E-state index in [1.807, 2.05) is 12.1 Å². The number of nitrogens with one attached hydrogen (secondary N) is 1. The number of hydroxylamine groups is 1. The maximum absolute atomic E-state index is 14.0. The van der Waals surface area contributed by atoms with Gasteiger partial charge < -0.3 is 15.7 Å². The van der Waals surface area contributed by atoms with Crippen LogP contribution in [0.5, 0.6) is 0 Å². The number of rotatable bonds is 7. The molecule has 3 aromatic carbocycles. The molecule has 1 fully saturated rings. The fourth-order valence-corrected chi connectivity index (χ4v) is 5.82. The first-order valence-electron chi connectivity index (χ1n) is 13.0. The highest BCUT2D eigenvalue weighted by Crippen LogP contribution is 2.46. The minimum absolute atomic E-state index is 0.0107. The predicted octanol–water partition coefficient (Wildman–Crippen LogP) is 4.27. The number of carbonyl (C=O) groups excluding carboxylic acids is 3. The third-order valence-corrected chi connectivity index (χ3v) is 7.80. The number of halogens is 1. The van der Waals surface area contributed by atoms with E-state index in [0.717, 1.165) is 18.4 Å². The molecule has 202 valence electrons. The summed E-state index contributed by atoms with van der Waals surface area (Å²) in [5.41, 5.74) is 10.7. The zero-order chi connectivity index (χ0) is 27.5. The van der Waals surface area contributed by atoms with Crippen LogP contribution in [0.3, 0.4) is 0 Å². The van der Waals surface area contributed by atoms with E-state index >= 15 is 0 Å². The second kappa shape index (κ2) is 11.6. The Kier molecular flexibility index (Phi) is 7.97. The Balaban J connectivity index is 1.50. The monoisotopic (exact) mass is 547 g/mol. The van der Waals surface area contributed by atoms with Crippen LogP contribution in [0.15, 0.2) is 72.8 Å². The Hall–Kier alpha value is -3.72. The van der Waals surface area contributed by atoms with E-state index in [0.29, 0.717) is 40.1 Å². The lowest BCUT2D eigenvalue weighted by Gasteiger charge is -2.48. The van der Waals surface area contributed by atoms with Crippen molar-refractivity contribution >= 4 is 29.3 Å². The van der Waals surface area contributed by atoms with Crippen molar-refractivity contribution in [2.24, 2.45) is 5.73 Å². The van der Waals surface area contributed by atoms with Gasteiger partial charge in [-0.15, -0.1) is 0 Å². The van der Waals surface area contributed by atoms with Crippen molar-refractivity contribution in [1.29, 1.82) is 0 Å². The van der Waals surface area contributed by atoms with Crippen molar-refractivity contribution in [2.45, 2.75) is 56.4 Å². The van der Waals surface area contributed by atoms with Gasteiger partial charge in [-0.05, 0) is 59.9 Å². The Bertz CT molecular complexity index is 1380. The molecule has 1 aliphatic carbocycles. The molecule has 3 aromatic rings. The first-order valence-corrected chi connectivity index (χ1v) is 13.4. The average Bonchev–Trinajstić information content (AvgIpc) is 2.94. The minimum Gasteiger partial charge on any atom is -0.391 e. The molecule has 4 N–H and O–H groups in total. The Morgan fingerprint density at radius 2 is 1.77 bits per heavy atom. The smallest absolute Gasteiger partial charge is 0.255 e. The molecule has 0 unspecified atom stereocenters. The fourth-order valence-electron chi connectivity index (χ4n) is 5.70. The third-order valence-electron chi connectivity index (χ3n) is 7.54. The van der Waals surface area contributed by atoms with E-state index < -0.39 is 35.9 Å². The number of benzene rings is 3. The molecular weight excluding hydrogens is 518 g/mol. The zero-order valence-corrected chi connectivity index (χ0v) is 22.0. The summed E-state index contributed by atoms with van der Waals surface area (Å²) in [7, 11) is 0. The van der Waals surface area contributed by atoms with Gasteiger partial charge in [-0.2, -0.15) is 0 Å². The molecule has 0 radical (unpaired) electrons. The molecule has 0 saturated heterocycles. The third kappa shape index (κ3) is 5.54. The largest absolute Gasteiger partial charge is 0.391 e. The zero-order valence-electron chi connectivity index (χ0n) is 21.3. The molecule has 2 aliphatic rings. The summed E-state index contributed by atoms with van der Waals surface area (Å²) in [6, 6.07) is 19.7. The van der Waals surface area contributed by atoms with Crippen LogP contribution in [-0.4, -0.2) is 39.9 Å². The van der Waals surface area contributed by atoms with E-state index in [2.05, 4.69) is 5.48 Å². The standard InChI is InChI=1S/C30H30ClN3O5/c31-21-14-12-19(13-15-21)27-26(29(37)33-39-17-18-6-5-7-20(16-18)28(32)36)22-8-1-2-9-23(22)30(38)34(27)24-10-3-4-11-25(24)35/h1-2,5-9,12-16,24-27,35H,3-4,10-11,17H2,(H2,32,36)(H,33,37)/t24-,25-,26+,27-/m0/s1. The molecule has 8 nitrogen and oxygen atoms in total. The molecule has 1 saturated carbocycles. The molecule has 1 heterocycles. The summed E-state index contributed by atoms with van der Waals surface area (Å²) >= 11 is 6.18. The number of amides is 3. The molecule has 4 atom stereocenters. The summed E-state index contributed by atoms with van der Waals surface area (Å²) in [4.78, 5) is 46.6. The van der Waals surface area contributed by atoms with Crippen molar-refractivity contribution in [3.8, 4) is 0 Å². The van der Waals surface area contributed by atoms with Gasteiger partial charge in [-0.25, -0.2) is 5.48 Å². The van der Waals surface area contributed by atoms with Crippen LogP contribution in [0.25, 0.3) is 0 Å². The number of nitrogens with two attached hydrogens (primary N) is 1. The lowest BCUT2D eigenvalue weighted by Crippen LogP contribution is -2.55. The van der Waals surface area contributed by atoms with Gasteiger partial charge in [-0.3, -0.25) is 19.2 Å². The summed E-state index contributed by atoms with van der Waals surface area (Å²) in [5, 5.41) is 11.5. The summed E-state index contributed by atoms with van der Waals surface area (Å²) in [6.07, 6.45) is 2.30. The lowest BCUT2D eigenvalue weighted by atomic mass is 9.77. The number of aliphatic hydroxyl groups excluding tert-OH is 1. The highest BCUT2D eigenvalue weighted by molar-refractivity contribution is 6.30. The van der Waals surface area contributed by atoms with Gasteiger partial charge in [0.1, 0.15) is 0 Å². The van der Waals surface area contributed by atoms with Crippen LogP contribution in [-0.2, 0) is 16.2 Å². The average molecular weight is 548 g/mol. The molecule has 0 bridgehead atoms. The highest BCUT2D eigenvalue weighted by Gasteiger charge is 2.48. The minimum atomic E-state index is -0.814. The Morgan fingerprint density at radius 3 is 2.51 bits per heavy atom. The Morgan fingerprint density at radius 1 is 1.03 bits per heavy atom. The van der Waals surface area contributed by atoms with Gasteiger partial charge in [-0.1, -0.05) is 66.9 Å². The van der Waals surface area contributed by atoms with Crippen molar-refractivity contribution in [3.63, 3.8) is 0 Å². The number of fused-ring (bicyclic) bond motifs is 1. The fraction of sp³-hybridized carbons (Fsp3) is 0.300. The quantitative estimate of drug-likeness (QED) is 0.381. The van der Waals surface area contributed by atoms with Gasteiger partial charge >= 0.3 is 0 Å².